The van der Waals surface area contributed by atoms with E-state index in [2.05, 4.69) is 4.98 Å². The van der Waals surface area contributed by atoms with Gasteiger partial charge in [0.2, 0.25) is 0 Å². The van der Waals surface area contributed by atoms with E-state index in [0.717, 1.165) is 4.57 Å². The number of aromatic nitrogens is 2. The number of aliphatic carboxylic acids is 1. The number of nitrogens with zero attached hydrogens (tertiary/aromatic N) is 2. The molecule has 1 aromatic rings. The summed E-state index contributed by atoms with van der Waals surface area (Å²) < 4.78 is 36.7. The molecule has 17 heavy (non-hydrogen) atoms. The molecule has 0 fully saturated rings. The first kappa shape index (κ1) is 13.0. The monoisotopic (exact) mass is 251 g/mol. The van der Waals surface area contributed by atoms with E-state index in [9.17, 15) is 22.8 Å². The number of imidazole rings is 1. The molecule has 94 valence electrons. The van der Waals surface area contributed by atoms with Gasteiger partial charge in [0.05, 0.1) is 6.54 Å². The Kier molecular flexibility index (Phi) is 3.71. The lowest BCUT2D eigenvalue weighted by atomic mass is 10.5. The molecule has 1 rings (SSSR count). The summed E-state index contributed by atoms with van der Waals surface area (Å²) in [7, 11) is 0. The minimum absolute atomic E-state index is 0.0324. The number of amides is 1. The number of carbonyl (C=O) groups is 2. The molecular formula is C8H8F3N3O3. The van der Waals surface area contributed by atoms with E-state index in [1.165, 1.54) is 12.4 Å². The Labute approximate surface area is 93.1 Å². The summed E-state index contributed by atoms with van der Waals surface area (Å²) in [6, 6.07) is 0. The van der Waals surface area contributed by atoms with Gasteiger partial charge < -0.3 is 15.0 Å². The van der Waals surface area contributed by atoms with E-state index >= 15 is 0 Å². The van der Waals surface area contributed by atoms with Gasteiger partial charge in [0, 0.05) is 12.4 Å². The Morgan fingerprint density at radius 1 is 1.47 bits per heavy atom. The molecule has 0 radical (unpaired) electrons. The summed E-state index contributed by atoms with van der Waals surface area (Å²) in [5, 5.41) is 10.1. The number of hydrogen-bond donors (Lipinski definition) is 2. The standard InChI is InChI=1S/C8H8F3N3O3/c9-8(10,11)7(17)13-3-5-12-1-2-14(5)4-6(15)16/h1-2H,3-4H2,(H,13,17)(H,15,16). The Morgan fingerprint density at radius 2 is 2.12 bits per heavy atom. The normalized spacial score (nSPS) is 11.2. The third-order valence-electron chi connectivity index (χ3n) is 1.77. The van der Waals surface area contributed by atoms with Gasteiger partial charge in [0.15, 0.2) is 0 Å². The van der Waals surface area contributed by atoms with E-state index < -0.39 is 31.1 Å². The average Bonchev–Trinajstić information content (AvgIpc) is 2.59. The lowest BCUT2D eigenvalue weighted by Crippen LogP contribution is -2.37. The van der Waals surface area contributed by atoms with Gasteiger partial charge >= 0.3 is 18.1 Å². The summed E-state index contributed by atoms with van der Waals surface area (Å²) >= 11 is 0. The number of carboxylic acid groups (broad SMARTS) is 1. The van der Waals surface area contributed by atoms with E-state index in [4.69, 9.17) is 5.11 Å². The molecule has 0 atom stereocenters. The fourth-order valence-corrected chi connectivity index (χ4v) is 1.06. The number of carboxylic acids is 1. The Bertz CT molecular complexity index is 427. The van der Waals surface area contributed by atoms with Crippen molar-refractivity contribution in [3.8, 4) is 0 Å². The highest BCUT2D eigenvalue weighted by atomic mass is 19.4. The smallest absolute Gasteiger partial charge is 0.471 e. The second-order valence-corrected chi connectivity index (χ2v) is 3.05. The van der Waals surface area contributed by atoms with Crippen LogP contribution in [0.15, 0.2) is 12.4 Å². The number of hydrogen-bond acceptors (Lipinski definition) is 3. The van der Waals surface area contributed by atoms with Gasteiger partial charge in [0.1, 0.15) is 12.4 Å². The molecule has 9 heteroatoms. The second kappa shape index (κ2) is 4.85. The maximum absolute atomic E-state index is 11.9. The van der Waals surface area contributed by atoms with Crippen LogP contribution in [0.25, 0.3) is 0 Å². The molecular weight excluding hydrogens is 243 g/mol. The van der Waals surface area contributed by atoms with Gasteiger partial charge in [-0.15, -0.1) is 0 Å². The predicted octanol–water partition coefficient (Wildman–Crippen LogP) is 0.146. The molecule has 0 unspecified atom stereocenters. The van der Waals surface area contributed by atoms with Crippen LogP contribution in [0.1, 0.15) is 5.82 Å². The van der Waals surface area contributed by atoms with Gasteiger partial charge in [-0.25, -0.2) is 4.98 Å². The Hall–Kier alpha value is -2.06. The summed E-state index contributed by atoms with van der Waals surface area (Å²) in [5.74, 6) is -3.22. The van der Waals surface area contributed by atoms with Gasteiger partial charge in [-0.1, -0.05) is 0 Å². The average molecular weight is 251 g/mol. The molecule has 6 nitrogen and oxygen atoms in total. The van der Waals surface area contributed by atoms with Crippen molar-refractivity contribution in [2.75, 3.05) is 0 Å². The molecule has 0 saturated heterocycles. The Balaban J connectivity index is 2.61. The largest absolute Gasteiger partial charge is 0.480 e. The molecule has 0 aliphatic carbocycles. The topological polar surface area (TPSA) is 84.2 Å². The van der Waals surface area contributed by atoms with Crippen LogP contribution < -0.4 is 5.32 Å². The quantitative estimate of drug-likeness (QED) is 0.797. The third kappa shape index (κ3) is 3.78. The van der Waals surface area contributed by atoms with Crippen molar-refractivity contribution in [2.24, 2.45) is 0 Å². The summed E-state index contributed by atoms with van der Waals surface area (Å²) in [6.07, 6.45) is -2.44. The molecule has 1 amide bonds. The van der Waals surface area contributed by atoms with E-state index in [0.29, 0.717) is 0 Å². The van der Waals surface area contributed by atoms with Crippen LogP contribution in [0, 0.1) is 0 Å². The van der Waals surface area contributed by atoms with Crippen molar-refractivity contribution in [3.63, 3.8) is 0 Å². The number of alkyl halides is 3. The minimum Gasteiger partial charge on any atom is -0.480 e. The number of carbonyl (C=O) groups excluding carboxylic acids is 1. The van der Waals surface area contributed by atoms with E-state index in [1.54, 1.807) is 5.32 Å². The highest BCUT2D eigenvalue weighted by Crippen LogP contribution is 2.14. The SMILES string of the molecule is O=C(O)Cn1ccnc1CNC(=O)C(F)(F)F. The zero-order valence-corrected chi connectivity index (χ0v) is 8.36. The number of rotatable bonds is 4. The Morgan fingerprint density at radius 3 is 2.65 bits per heavy atom. The van der Waals surface area contributed by atoms with Gasteiger partial charge in [0.25, 0.3) is 0 Å². The van der Waals surface area contributed by atoms with Crippen LogP contribution in [0.3, 0.4) is 0 Å². The fourth-order valence-electron chi connectivity index (χ4n) is 1.06. The molecule has 1 heterocycles. The summed E-state index contributed by atoms with van der Waals surface area (Å²) in [4.78, 5) is 24.5. The van der Waals surface area contributed by atoms with Crippen LogP contribution in [0.4, 0.5) is 13.2 Å². The molecule has 0 saturated carbocycles. The second-order valence-electron chi connectivity index (χ2n) is 3.05. The van der Waals surface area contributed by atoms with Crippen molar-refractivity contribution in [1.29, 1.82) is 0 Å². The van der Waals surface area contributed by atoms with Gasteiger partial charge in [-0.3, -0.25) is 9.59 Å². The lowest BCUT2D eigenvalue weighted by molar-refractivity contribution is -0.173. The first-order valence-corrected chi connectivity index (χ1v) is 4.37. The molecule has 0 bridgehead atoms. The maximum atomic E-state index is 11.9. The minimum atomic E-state index is -4.97. The van der Waals surface area contributed by atoms with Crippen molar-refractivity contribution in [1.82, 2.24) is 14.9 Å². The molecule has 0 aliphatic rings. The third-order valence-corrected chi connectivity index (χ3v) is 1.77. The zero-order valence-electron chi connectivity index (χ0n) is 8.36. The summed E-state index contributed by atoms with van der Waals surface area (Å²) in [6.45, 7) is -0.921. The van der Waals surface area contributed by atoms with E-state index in [1.807, 2.05) is 0 Å². The van der Waals surface area contributed by atoms with Crippen molar-refractivity contribution in [3.05, 3.63) is 18.2 Å². The lowest BCUT2D eigenvalue weighted by Gasteiger charge is -2.08. The van der Waals surface area contributed by atoms with Crippen molar-refractivity contribution in [2.45, 2.75) is 19.3 Å². The molecule has 1 aromatic heterocycles. The van der Waals surface area contributed by atoms with Crippen molar-refractivity contribution >= 4 is 11.9 Å². The highest BCUT2D eigenvalue weighted by molar-refractivity contribution is 5.81. The predicted molar refractivity (Wildman–Crippen MR) is 47.8 cm³/mol. The van der Waals surface area contributed by atoms with E-state index in [-0.39, 0.29) is 5.82 Å². The molecule has 0 aromatic carbocycles. The maximum Gasteiger partial charge on any atom is 0.471 e. The van der Waals surface area contributed by atoms with Gasteiger partial charge in [-0.05, 0) is 0 Å². The highest BCUT2D eigenvalue weighted by Gasteiger charge is 2.38. The zero-order chi connectivity index (χ0) is 13.1. The molecule has 0 aliphatic heterocycles. The van der Waals surface area contributed by atoms with Crippen LogP contribution in [-0.4, -0.2) is 32.7 Å². The van der Waals surface area contributed by atoms with Crippen LogP contribution >= 0.6 is 0 Å². The number of halogens is 3. The summed E-state index contributed by atoms with van der Waals surface area (Å²) in [5.41, 5.74) is 0. The van der Waals surface area contributed by atoms with Crippen LogP contribution in [0.5, 0.6) is 0 Å². The molecule has 2 N–H and O–H groups in total. The fraction of sp³-hybridized carbons (Fsp3) is 0.375. The first-order chi connectivity index (χ1) is 7.80. The van der Waals surface area contributed by atoms with Crippen molar-refractivity contribution < 1.29 is 27.9 Å². The number of nitrogens with one attached hydrogen (secondary N) is 1. The first-order valence-electron chi connectivity index (χ1n) is 4.37. The van der Waals surface area contributed by atoms with Crippen LogP contribution in [-0.2, 0) is 22.7 Å². The molecule has 0 spiro atoms. The van der Waals surface area contributed by atoms with Crippen LogP contribution in [0.2, 0.25) is 0 Å². The van der Waals surface area contributed by atoms with Gasteiger partial charge in [-0.2, -0.15) is 13.2 Å².